The Morgan fingerprint density at radius 3 is 2.94 bits per heavy atom. The maximum absolute atomic E-state index is 12.3. The SMILES string of the molecule is C=CCOC1CCCN(C(=O)c2ccccc2)C1. The lowest BCUT2D eigenvalue weighted by Gasteiger charge is -2.32. The van der Waals surface area contributed by atoms with Gasteiger partial charge in [0.05, 0.1) is 12.7 Å². The molecule has 1 aromatic carbocycles. The zero-order valence-corrected chi connectivity index (χ0v) is 10.5. The maximum Gasteiger partial charge on any atom is 0.253 e. The van der Waals surface area contributed by atoms with Crippen LogP contribution in [-0.4, -0.2) is 36.6 Å². The summed E-state index contributed by atoms with van der Waals surface area (Å²) in [7, 11) is 0. The van der Waals surface area contributed by atoms with E-state index in [0.717, 1.165) is 24.9 Å². The fourth-order valence-corrected chi connectivity index (χ4v) is 2.23. The monoisotopic (exact) mass is 245 g/mol. The van der Waals surface area contributed by atoms with Crippen molar-refractivity contribution in [2.75, 3.05) is 19.7 Å². The van der Waals surface area contributed by atoms with Crippen molar-refractivity contribution < 1.29 is 9.53 Å². The summed E-state index contributed by atoms with van der Waals surface area (Å²) in [4.78, 5) is 14.2. The molecule has 1 unspecified atom stereocenters. The second-order valence-electron chi connectivity index (χ2n) is 4.50. The number of rotatable bonds is 4. The van der Waals surface area contributed by atoms with E-state index in [2.05, 4.69) is 6.58 Å². The molecular formula is C15H19NO2. The molecule has 0 aliphatic carbocycles. The molecule has 96 valence electrons. The molecular weight excluding hydrogens is 226 g/mol. The van der Waals surface area contributed by atoms with Crippen LogP contribution in [0.2, 0.25) is 0 Å². The first kappa shape index (κ1) is 12.8. The molecule has 1 aliphatic heterocycles. The standard InChI is InChI=1S/C15H19NO2/c1-2-11-18-14-9-6-10-16(12-14)15(17)13-7-4-3-5-8-13/h2-5,7-8,14H,1,6,9-12H2. The van der Waals surface area contributed by atoms with Gasteiger partial charge in [0.15, 0.2) is 0 Å². The summed E-state index contributed by atoms with van der Waals surface area (Å²) in [5.74, 6) is 0.0995. The third-order valence-electron chi connectivity index (χ3n) is 3.14. The lowest BCUT2D eigenvalue weighted by Crippen LogP contribution is -2.43. The molecule has 1 atom stereocenters. The number of hydrogen-bond donors (Lipinski definition) is 0. The third-order valence-corrected chi connectivity index (χ3v) is 3.14. The van der Waals surface area contributed by atoms with Crippen molar-refractivity contribution in [2.24, 2.45) is 0 Å². The van der Waals surface area contributed by atoms with Crippen molar-refractivity contribution in [3.8, 4) is 0 Å². The summed E-state index contributed by atoms with van der Waals surface area (Å²) in [6.45, 7) is 5.70. The Balaban J connectivity index is 1.96. The average molecular weight is 245 g/mol. The van der Waals surface area contributed by atoms with E-state index in [1.54, 1.807) is 6.08 Å². The van der Waals surface area contributed by atoms with Gasteiger partial charge in [0.1, 0.15) is 0 Å². The molecule has 1 heterocycles. The lowest BCUT2D eigenvalue weighted by atomic mass is 10.1. The minimum atomic E-state index is 0.0995. The third kappa shape index (κ3) is 3.20. The van der Waals surface area contributed by atoms with Gasteiger partial charge in [-0.2, -0.15) is 0 Å². The summed E-state index contributed by atoms with van der Waals surface area (Å²) in [6.07, 6.45) is 3.91. The second kappa shape index (κ2) is 6.36. The first-order valence-corrected chi connectivity index (χ1v) is 6.38. The molecule has 1 aromatic rings. The number of benzene rings is 1. The normalized spacial score (nSPS) is 19.6. The summed E-state index contributed by atoms with van der Waals surface area (Å²) in [5.41, 5.74) is 0.752. The maximum atomic E-state index is 12.3. The summed E-state index contributed by atoms with van der Waals surface area (Å²) < 4.78 is 5.64. The van der Waals surface area contributed by atoms with Crippen LogP contribution in [0.5, 0.6) is 0 Å². The van der Waals surface area contributed by atoms with E-state index in [-0.39, 0.29) is 12.0 Å². The molecule has 0 saturated carbocycles. The molecule has 2 rings (SSSR count). The lowest BCUT2D eigenvalue weighted by molar-refractivity contribution is 0.0134. The van der Waals surface area contributed by atoms with Crippen molar-refractivity contribution in [1.29, 1.82) is 0 Å². The van der Waals surface area contributed by atoms with Crippen LogP contribution in [0, 0.1) is 0 Å². The summed E-state index contributed by atoms with van der Waals surface area (Å²) in [5, 5.41) is 0. The largest absolute Gasteiger partial charge is 0.372 e. The number of nitrogens with zero attached hydrogens (tertiary/aromatic N) is 1. The molecule has 0 radical (unpaired) electrons. The van der Waals surface area contributed by atoms with E-state index in [9.17, 15) is 4.79 Å². The number of carbonyl (C=O) groups excluding carboxylic acids is 1. The number of likely N-dealkylation sites (tertiary alicyclic amines) is 1. The van der Waals surface area contributed by atoms with Gasteiger partial charge in [-0.15, -0.1) is 6.58 Å². The number of piperidine rings is 1. The summed E-state index contributed by atoms with van der Waals surface area (Å²) >= 11 is 0. The molecule has 1 aliphatic rings. The van der Waals surface area contributed by atoms with Gasteiger partial charge >= 0.3 is 0 Å². The molecule has 0 N–H and O–H groups in total. The van der Waals surface area contributed by atoms with Gasteiger partial charge in [-0.3, -0.25) is 4.79 Å². The highest BCUT2D eigenvalue weighted by atomic mass is 16.5. The van der Waals surface area contributed by atoms with Gasteiger partial charge < -0.3 is 9.64 Å². The second-order valence-corrected chi connectivity index (χ2v) is 4.50. The van der Waals surface area contributed by atoms with Crippen molar-refractivity contribution >= 4 is 5.91 Å². The van der Waals surface area contributed by atoms with E-state index >= 15 is 0 Å². The highest BCUT2D eigenvalue weighted by Crippen LogP contribution is 2.16. The predicted octanol–water partition coefficient (Wildman–Crippen LogP) is 2.49. The van der Waals surface area contributed by atoms with E-state index in [1.165, 1.54) is 0 Å². The number of amides is 1. The zero-order chi connectivity index (χ0) is 12.8. The van der Waals surface area contributed by atoms with Crippen molar-refractivity contribution in [3.05, 3.63) is 48.6 Å². The Morgan fingerprint density at radius 1 is 1.44 bits per heavy atom. The minimum Gasteiger partial charge on any atom is -0.372 e. The molecule has 18 heavy (non-hydrogen) atoms. The van der Waals surface area contributed by atoms with Crippen LogP contribution in [-0.2, 0) is 4.74 Å². The fourth-order valence-electron chi connectivity index (χ4n) is 2.23. The number of hydrogen-bond acceptors (Lipinski definition) is 2. The number of ether oxygens (including phenoxy) is 1. The van der Waals surface area contributed by atoms with E-state index in [1.807, 2.05) is 35.2 Å². The van der Waals surface area contributed by atoms with Crippen molar-refractivity contribution in [1.82, 2.24) is 4.90 Å². The van der Waals surface area contributed by atoms with Crippen LogP contribution >= 0.6 is 0 Å². The first-order valence-electron chi connectivity index (χ1n) is 6.38. The summed E-state index contributed by atoms with van der Waals surface area (Å²) in [6, 6.07) is 9.42. The Kier molecular flexibility index (Phi) is 4.53. The van der Waals surface area contributed by atoms with Crippen LogP contribution in [0.1, 0.15) is 23.2 Å². The van der Waals surface area contributed by atoms with E-state index in [0.29, 0.717) is 13.2 Å². The van der Waals surface area contributed by atoms with Gasteiger partial charge in [0, 0.05) is 18.7 Å². The van der Waals surface area contributed by atoms with E-state index in [4.69, 9.17) is 4.74 Å². The van der Waals surface area contributed by atoms with Gasteiger partial charge in [-0.05, 0) is 25.0 Å². The molecule has 3 nitrogen and oxygen atoms in total. The zero-order valence-electron chi connectivity index (χ0n) is 10.5. The Bertz CT molecular complexity index is 402. The van der Waals surface area contributed by atoms with Crippen molar-refractivity contribution in [3.63, 3.8) is 0 Å². The quantitative estimate of drug-likeness (QED) is 0.763. The van der Waals surface area contributed by atoms with Crippen LogP contribution in [0.15, 0.2) is 43.0 Å². The highest BCUT2D eigenvalue weighted by molar-refractivity contribution is 5.94. The van der Waals surface area contributed by atoms with Crippen LogP contribution in [0.3, 0.4) is 0 Å². The number of carbonyl (C=O) groups is 1. The molecule has 1 fully saturated rings. The van der Waals surface area contributed by atoms with Crippen LogP contribution in [0.4, 0.5) is 0 Å². The Morgan fingerprint density at radius 2 is 2.22 bits per heavy atom. The van der Waals surface area contributed by atoms with Gasteiger partial charge in [0.25, 0.3) is 5.91 Å². The van der Waals surface area contributed by atoms with E-state index < -0.39 is 0 Å². The van der Waals surface area contributed by atoms with Crippen molar-refractivity contribution in [2.45, 2.75) is 18.9 Å². The Labute approximate surface area is 108 Å². The fraction of sp³-hybridized carbons (Fsp3) is 0.400. The highest BCUT2D eigenvalue weighted by Gasteiger charge is 2.24. The van der Waals surface area contributed by atoms with Crippen LogP contribution in [0.25, 0.3) is 0 Å². The van der Waals surface area contributed by atoms with Gasteiger partial charge in [0.2, 0.25) is 0 Å². The first-order chi connectivity index (χ1) is 8.81. The topological polar surface area (TPSA) is 29.5 Å². The van der Waals surface area contributed by atoms with Crippen LogP contribution < -0.4 is 0 Å². The minimum absolute atomic E-state index is 0.0995. The molecule has 1 amide bonds. The molecule has 3 heteroatoms. The molecule has 1 saturated heterocycles. The predicted molar refractivity (Wildman–Crippen MR) is 71.5 cm³/mol. The molecule has 0 bridgehead atoms. The smallest absolute Gasteiger partial charge is 0.253 e. The Hall–Kier alpha value is -1.61. The average Bonchev–Trinajstić information content (AvgIpc) is 2.45. The van der Waals surface area contributed by atoms with Gasteiger partial charge in [-0.25, -0.2) is 0 Å². The molecule has 0 spiro atoms. The van der Waals surface area contributed by atoms with Gasteiger partial charge in [-0.1, -0.05) is 24.3 Å². The molecule has 0 aromatic heterocycles.